The van der Waals surface area contributed by atoms with Gasteiger partial charge in [-0.2, -0.15) is 0 Å². The van der Waals surface area contributed by atoms with Crippen LogP contribution < -0.4 is 0 Å². The molecule has 0 aromatic heterocycles. The van der Waals surface area contributed by atoms with Crippen molar-refractivity contribution in [1.29, 1.82) is 0 Å². The Kier molecular flexibility index (Phi) is 18.7. The van der Waals surface area contributed by atoms with E-state index < -0.39 is 0 Å². The summed E-state index contributed by atoms with van der Waals surface area (Å²) in [4.78, 5) is 8.81. The van der Waals surface area contributed by atoms with Crippen LogP contribution in [0.25, 0.3) is 0 Å². The Hall–Kier alpha value is -1.39. The lowest BCUT2D eigenvalue weighted by molar-refractivity contribution is -0.106. The standard InChI is InChI=1S/C2H4N2O2.C2H4O/c5-3-1-2-4-6;1-2-3/h1-2,5-6H;2H,1H3. The SMILES string of the molecule is CC=O.ON=CC=NO. The molecule has 0 saturated heterocycles. The van der Waals surface area contributed by atoms with Crippen LogP contribution in [0.3, 0.4) is 0 Å². The monoisotopic (exact) mass is 132 g/mol. The van der Waals surface area contributed by atoms with Crippen LogP contribution in [0, 0.1) is 0 Å². The van der Waals surface area contributed by atoms with Crippen molar-refractivity contribution >= 4 is 18.7 Å². The average Bonchev–Trinajstić information content (AvgIpc) is 1.86. The highest BCUT2D eigenvalue weighted by Gasteiger charge is 1.54. The molecule has 5 nitrogen and oxygen atoms in total. The maximum absolute atomic E-state index is 8.81. The van der Waals surface area contributed by atoms with E-state index in [4.69, 9.17) is 15.2 Å². The molecular weight excluding hydrogens is 124 g/mol. The maximum atomic E-state index is 8.81. The number of hydrogen-bond donors (Lipinski definition) is 2. The third-order valence-corrected chi connectivity index (χ3v) is 0.200. The molecule has 0 aliphatic carbocycles. The molecule has 0 saturated carbocycles. The lowest BCUT2D eigenvalue weighted by Gasteiger charge is -1.62. The second-order valence-corrected chi connectivity index (χ2v) is 0.765. The Labute approximate surface area is 52.3 Å². The fourth-order valence-corrected chi connectivity index (χ4v) is 0.0596. The molecule has 0 spiro atoms. The fourth-order valence-electron chi connectivity index (χ4n) is 0.0596. The van der Waals surface area contributed by atoms with E-state index in [1.165, 1.54) is 6.92 Å². The number of carbonyl (C=O) groups excluding carboxylic acids is 1. The molecule has 0 unspecified atom stereocenters. The number of rotatable bonds is 1. The highest BCUT2D eigenvalue weighted by molar-refractivity contribution is 6.15. The molecule has 0 fully saturated rings. The quantitative estimate of drug-likeness (QED) is 0.230. The molecule has 2 N–H and O–H groups in total. The number of nitrogens with zero attached hydrogens (tertiary/aromatic N) is 2. The molecule has 0 heterocycles. The van der Waals surface area contributed by atoms with Crippen LogP contribution in [-0.2, 0) is 4.79 Å². The smallest absolute Gasteiger partial charge is 0.116 e. The third kappa shape index (κ3) is 54.2. The van der Waals surface area contributed by atoms with Crippen LogP contribution in [0.2, 0.25) is 0 Å². The zero-order valence-corrected chi connectivity index (χ0v) is 4.93. The van der Waals surface area contributed by atoms with Gasteiger partial charge in [0.15, 0.2) is 0 Å². The Morgan fingerprint density at radius 3 is 1.56 bits per heavy atom. The summed E-state index contributed by atoms with van der Waals surface area (Å²) in [5.74, 6) is 0. The molecule has 52 valence electrons. The van der Waals surface area contributed by atoms with Crippen molar-refractivity contribution in [3.8, 4) is 0 Å². The van der Waals surface area contributed by atoms with Gasteiger partial charge in [0.05, 0.1) is 12.4 Å². The van der Waals surface area contributed by atoms with Crippen molar-refractivity contribution < 1.29 is 15.2 Å². The maximum Gasteiger partial charge on any atom is 0.116 e. The summed E-state index contributed by atoms with van der Waals surface area (Å²) in [6, 6.07) is 0. The van der Waals surface area contributed by atoms with E-state index in [0.29, 0.717) is 0 Å². The summed E-state index contributed by atoms with van der Waals surface area (Å²) in [6.07, 6.45) is 2.64. The predicted molar refractivity (Wildman–Crippen MR) is 32.3 cm³/mol. The molecule has 0 aliphatic rings. The van der Waals surface area contributed by atoms with Gasteiger partial charge in [-0.3, -0.25) is 0 Å². The Morgan fingerprint density at radius 2 is 1.44 bits per heavy atom. The molecule has 0 rings (SSSR count). The van der Waals surface area contributed by atoms with E-state index in [2.05, 4.69) is 10.3 Å². The van der Waals surface area contributed by atoms with Gasteiger partial charge in [-0.1, -0.05) is 10.3 Å². The van der Waals surface area contributed by atoms with Gasteiger partial charge >= 0.3 is 0 Å². The number of hydrogen-bond acceptors (Lipinski definition) is 5. The summed E-state index contributed by atoms with van der Waals surface area (Å²) >= 11 is 0. The Morgan fingerprint density at radius 1 is 1.22 bits per heavy atom. The van der Waals surface area contributed by atoms with Crippen molar-refractivity contribution in [2.24, 2.45) is 10.3 Å². The minimum Gasteiger partial charge on any atom is -0.411 e. The fraction of sp³-hybridized carbons (Fsp3) is 0.250. The highest BCUT2D eigenvalue weighted by atomic mass is 16.4. The van der Waals surface area contributed by atoms with E-state index in [1.54, 1.807) is 0 Å². The second-order valence-electron chi connectivity index (χ2n) is 0.765. The van der Waals surface area contributed by atoms with E-state index >= 15 is 0 Å². The molecule has 5 heteroatoms. The number of carbonyl (C=O) groups is 1. The topological polar surface area (TPSA) is 82.2 Å². The Bertz CT molecular complexity index is 90.0. The van der Waals surface area contributed by atoms with Crippen LogP contribution in [0.15, 0.2) is 10.3 Å². The lowest BCUT2D eigenvalue weighted by atomic mass is 10.8. The zero-order valence-electron chi connectivity index (χ0n) is 4.93. The molecule has 0 aromatic rings. The van der Waals surface area contributed by atoms with E-state index in [9.17, 15) is 0 Å². The summed E-state index contributed by atoms with van der Waals surface area (Å²) < 4.78 is 0. The van der Waals surface area contributed by atoms with Crippen molar-refractivity contribution in [3.05, 3.63) is 0 Å². The first-order valence-corrected chi connectivity index (χ1v) is 2.06. The summed E-state index contributed by atoms with van der Waals surface area (Å²) in [5, 5.41) is 20.1. The zero-order chi connectivity index (χ0) is 7.54. The lowest BCUT2D eigenvalue weighted by Crippen LogP contribution is -1.70. The van der Waals surface area contributed by atoms with Gasteiger partial charge in [-0.25, -0.2) is 0 Å². The van der Waals surface area contributed by atoms with Crippen molar-refractivity contribution in [2.45, 2.75) is 6.92 Å². The molecule has 9 heavy (non-hydrogen) atoms. The van der Waals surface area contributed by atoms with Crippen LogP contribution in [0.1, 0.15) is 6.92 Å². The van der Waals surface area contributed by atoms with Crippen molar-refractivity contribution in [1.82, 2.24) is 0 Å². The molecule has 0 atom stereocenters. The van der Waals surface area contributed by atoms with Gasteiger partial charge in [0.2, 0.25) is 0 Å². The molecule has 0 amide bonds. The highest BCUT2D eigenvalue weighted by Crippen LogP contribution is 1.45. The number of aldehydes is 1. The summed E-state index contributed by atoms with van der Waals surface area (Å²) in [5.41, 5.74) is 0. The normalized spacial score (nSPS) is 9.00. The van der Waals surface area contributed by atoms with Gasteiger partial charge in [-0.15, -0.1) is 0 Å². The predicted octanol–water partition coefficient (Wildman–Crippen LogP) is 0.112. The van der Waals surface area contributed by atoms with Crippen LogP contribution in [0.5, 0.6) is 0 Å². The molecule has 0 aromatic carbocycles. The van der Waals surface area contributed by atoms with Gasteiger partial charge in [0.25, 0.3) is 0 Å². The molecule has 0 bridgehead atoms. The summed E-state index contributed by atoms with van der Waals surface area (Å²) in [6.45, 7) is 1.44. The molecular formula is C4H8N2O3. The first kappa shape index (κ1) is 10.6. The molecule has 0 aliphatic heterocycles. The second kappa shape index (κ2) is 16.0. The van der Waals surface area contributed by atoms with E-state index in [1.807, 2.05) is 0 Å². The van der Waals surface area contributed by atoms with Gasteiger partial charge in [0.1, 0.15) is 6.29 Å². The third-order valence-electron chi connectivity index (χ3n) is 0.200. The Balaban J connectivity index is 0. The van der Waals surface area contributed by atoms with Gasteiger partial charge in [0, 0.05) is 0 Å². The van der Waals surface area contributed by atoms with Crippen LogP contribution in [0.4, 0.5) is 0 Å². The van der Waals surface area contributed by atoms with E-state index in [-0.39, 0.29) is 0 Å². The summed E-state index contributed by atoms with van der Waals surface area (Å²) in [7, 11) is 0. The molecule has 0 radical (unpaired) electrons. The van der Waals surface area contributed by atoms with Gasteiger partial charge < -0.3 is 15.2 Å². The first-order chi connectivity index (χ1) is 4.33. The van der Waals surface area contributed by atoms with Crippen LogP contribution >= 0.6 is 0 Å². The number of oxime groups is 2. The van der Waals surface area contributed by atoms with Gasteiger partial charge in [-0.05, 0) is 6.92 Å². The minimum atomic E-state index is 0.750. The van der Waals surface area contributed by atoms with Crippen molar-refractivity contribution in [3.63, 3.8) is 0 Å². The van der Waals surface area contributed by atoms with Crippen molar-refractivity contribution in [2.75, 3.05) is 0 Å². The largest absolute Gasteiger partial charge is 0.411 e. The first-order valence-electron chi connectivity index (χ1n) is 2.06. The van der Waals surface area contributed by atoms with Crippen LogP contribution in [-0.4, -0.2) is 29.1 Å². The minimum absolute atomic E-state index is 0.750. The van der Waals surface area contributed by atoms with E-state index in [0.717, 1.165) is 18.7 Å². The average molecular weight is 132 g/mol.